The molecule has 82 valence electrons. The van der Waals surface area contributed by atoms with Crippen LogP contribution in [0.1, 0.15) is 19.4 Å². The highest BCUT2D eigenvalue weighted by molar-refractivity contribution is 5.33. The third kappa shape index (κ3) is 3.97. The van der Waals surface area contributed by atoms with Gasteiger partial charge in [-0.1, -0.05) is 18.2 Å². The Morgan fingerprint density at radius 1 is 1.40 bits per heavy atom. The Bertz CT molecular complexity index is 336. The molecule has 0 spiro atoms. The van der Waals surface area contributed by atoms with Gasteiger partial charge in [0.25, 0.3) is 0 Å². The fraction of sp³-hybridized carbons (Fsp3) is 0.455. The lowest BCUT2D eigenvalue weighted by Crippen LogP contribution is -2.10. The molecule has 4 nitrogen and oxygen atoms in total. The predicted molar refractivity (Wildman–Crippen MR) is 57.8 cm³/mol. The topological polar surface area (TPSA) is 52.4 Å². The summed E-state index contributed by atoms with van der Waals surface area (Å²) < 4.78 is 5.56. The Labute approximate surface area is 89.0 Å². The molecule has 0 atom stereocenters. The van der Waals surface area contributed by atoms with E-state index in [0.717, 1.165) is 11.3 Å². The molecule has 0 saturated carbocycles. The summed E-state index contributed by atoms with van der Waals surface area (Å²) in [4.78, 5) is 9.96. The molecule has 0 N–H and O–H groups in total. The highest BCUT2D eigenvalue weighted by Gasteiger charge is 2.07. The molecule has 0 radical (unpaired) electrons. The summed E-state index contributed by atoms with van der Waals surface area (Å²) in [5, 5.41) is 10.3. The molecule has 1 aromatic carbocycles. The van der Waals surface area contributed by atoms with E-state index in [1.807, 2.05) is 38.1 Å². The highest BCUT2D eigenvalue weighted by atomic mass is 16.6. The zero-order valence-corrected chi connectivity index (χ0v) is 8.97. The molecular weight excluding hydrogens is 194 g/mol. The maximum Gasteiger partial charge on any atom is 0.208 e. The number of nitrogens with zero attached hydrogens (tertiary/aromatic N) is 1. The van der Waals surface area contributed by atoms with Gasteiger partial charge in [-0.05, 0) is 19.9 Å². The smallest absolute Gasteiger partial charge is 0.208 e. The van der Waals surface area contributed by atoms with E-state index in [2.05, 4.69) is 0 Å². The number of ether oxygens (including phenoxy) is 1. The predicted octanol–water partition coefficient (Wildman–Crippen LogP) is 2.29. The van der Waals surface area contributed by atoms with E-state index in [1.165, 1.54) is 0 Å². The summed E-state index contributed by atoms with van der Waals surface area (Å²) >= 11 is 0. The standard InChI is InChI=1S/C11H15NO3/c1-9(2)15-11-6-4-3-5-10(11)7-8-12(13)14/h3-6,9H,7-8H2,1-2H3. The number of rotatable bonds is 5. The van der Waals surface area contributed by atoms with Gasteiger partial charge in [0.2, 0.25) is 6.54 Å². The Morgan fingerprint density at radius 3 is 2.67 bits per heavy atom. The van der Waals surface area contributed by atoms with E-state index < -0.39 is 0 Å². The summed E-state index contributed by atoms with van der Waals surface area (Å²) in [6, 6.07) is 7.44. The van der Waals surface area contributed by atoms with Crippen molar-refractivity contribution in [3.63, 3.8) is 0 Å². The van der Waals surface area contributed by atoms with Crippen LogP contribution in [0, 0.1) is 10.1 Å². The first kappa shape index (κ1) is 11.5. The summed E-state index contributed by atoms with van der Waals surface area (Å²) in [6.07, 6.45) is 0.498. The molecule has 0 fully saturated rings. The Kier molecular flexibility index (Phi) is 4.09. The van der Waals surface area contributed by atoms with E-state index in [-0.39, 0.29) is 17.6 Å². The van der Waals surface area contributed by atoms with Gasteiger partial charge in [0, 0.05) is 16.9 Å². The van der Waals surface area contributed by atoms with Crippen molar-refractivity contribution in [1.29, 1.82) is 0 Å². The molecule has 0 aliphatic carbocycles. The summed E-state index contributed by atoms with van der Waals surface area (Å²) in [6.45, 7) is 3.81. The van der Waals surface area contributed by atoms with Gasteiger partial charge in [-0.25, -0.2) is 0 Å². The molecule has 0 bridgehead atoms. The lowest BCUT2D eigenvalue weighted by atomic mass is 10.1. The van der Waals surface area contributed by atoms with Crippen molar-refractivity contribution in [2.45, 2.75) is 26.4 Å². The zero-order chi connectivity index (χ0) is 11.3. The van der Waals surface area contributed by atoms with Gasteiger partial charge in [-0.3, -0.25) is 10.1 Å². The van der Waals surface area contributed by atoms with E-state index in [1.54, 1.807) is 0 Å². The van der Waals surface area contributed by atoms with Crippen molar-refractivity contribution in [2.75, 3.05) is 6.54 Å². The van der Waals surface area contributed by atoms with Gasteiger partial charge in [0.1, 0.15) is 5.75 Å². The second-order valence-electron chi connectivity index (χ2n) is 3.58. The molecule has 0 heterocycles. The average Bonchev–Trinajstić information content (AvgIpc) is 2.15. The maximum absolute atomic E-state index is 10.3. The quantitative estimate of drug-likeness (QED) is 0.552. The van der Waals surface area contributed by atoms with Crippen LogP contribution in [-0.4, -0.2) is 17.6 Å². The third-order valence-corrected chi connectivity index (χ3v) is 1.90. The molecule has 0 aromatic heterocycles. The van der Waals surface area contributed by atoms with Crippen LogP contribution in [0.25, 0.3) is 0 Å². The molecule has 0 unspecified atom stereocenters. The van der Waals surface area contributed by atoms with Crippen molar-refractivity contribution in [3.05, 3.63) is 39.9 Å². The van der Waals surface area contributed by atoms with Crippen molar-refractivity contribution in [1.82, 2.24) is 0 Å². The first-order valence-corrected chi connectivity index (χ1v) is 4.96. The fourth-order valence-electron chi connectivity index (χ4n) is 1.29. The molecule has 0 saturated heterocycles. The first-order chi connectivity index (χ1) is 7.09. The average molecular weight is 209 g/mol. The maximum atomic E-state index is 10.3. The largest absolute Gasteiger partial charge is 0.491 e. The Morgan fingerprint density at radius 2 is 2.07 bits per heavy atom. The summed E-state index contributed by atoms with van der Waals surface area (Å²) in [5.74, 6) is 0.745. The summed E-state index contributed by atoms with van der Waals surface area (Å²) in [5.41, 5.74) is 0.892. The molecule has 1 aromatic rings. The number of hydrogen-bond acceptors (Lipinski definition) is 3. The minimum absolute atomic E-state index is 0.0571. The molecule has 0 amide bonds. The Hall–Kier alpha value is -1.58. The van der Waals surface area contributed by atoms with E-state index in [0.29, 0.717) is 6.42 Å². The van der Waals surface area contributed by atoms with Crippen LogP contribution in [0.3, 0.4) is 0 Å². The number of nitro groups is 1. The van der Waals surface area contributed by atoms with E-state index >= 15 is 0 Å². The van der Waals surface area contributed by atoms with Crippen molar-refractivity contribution < 1.29 is 9.66 Å². The third-order valence-electron chi connectivity index (χ3n) is 1.90. The molecule has 4 heteroatoms. The molecule has 15 heavy (non-hydrogen) atoms. The normalized spacial score (nSPS) is 10.3. The molecule has 0 aliphatic heterocycles. The van der Waals surface area contributed by atoms with Gasteiger partial charge < -0.3 is 4.74 Å². The second kappa shape index (κ2) is 5.34. The van der Waals surface area contributed by atoms with Gasteiger partial charge in [0.05, 0.1) is 6.10 Å². The van der Waals surface area contributed by atoms with E-state index in [9.17, 15) is 10.1 Å². The van der Waals surface area contributed by atoms with E-state index in [4.69, 9.17) is 4.74 Å². The SMILES string of the molecule is CC(C)Oc1ccccc1CC[N+](=O)[O-]. The van der Waals surface area contributed by atoms with Crippen LogP contribution < -0.4 is 4.74 Å². The van der Waals surface area contributed by atoms with Crippen LogP contribution in [0.2, 0.25) is 0 Å². The van der Waals surface area contributed by atoms with Crippen LogP contribution in [-0.2, 0) is 6.42 Å². The van der Waals surface area contributed by atoms with Crippen molar-refractivity contribution in [2.24, 2.45) is 0 Å². The minimum atomic E-state index is -0.313. The van der Waals surface area contributed by atoms with Crippen LogP contribution in [0.4, 0.5) is 0 Å². The molecular formula is C11H15NO3. The zero-order valence-electron chi connectivity index (χ0n) is 8.97. The Balaban J connectivity index is 2.72. The highest BCUT2D eigenvalue weighted by Crippen LogP contribution is 2.19. The molecule has 1 rings (SSSR count). The van der Waals surface area contributed by atoms with Crippen LogP contribution in [0.15, 0.2) is 24.3 Å². The number of hydrogen-bond donors (Lipinski definition) is 0. The lowest BCUT2D eigenvalue weighted by Gasteiger charge is -2.12. The summed E-state index contributed by atoms with van der Waals surface area (Å²) in [7, 11) is 0. The van der Waals surface area contributed by atoms with Crippen molar-refractivity contribution >= 4 is 0 Å². The lowest BCUT2D eigenvalue weighted by molar-refractivity contribution is -0.479. The molecule has 0 aliphatic rings. The van der Waals surface area contributed by atoms with Gasteiger partial charge in [-0.2, -0.15) is 0 Å². The second-order valence-corrected chi connectivity index (χ2v) is 3.58. The van der Waals surface area contributed by atoms with Crippen LogP contribution in [0.5, 0.6) is 5.75 Å². The van der Waals surface area contributed by atoms with Gasteiger partial charge in [0.15, 0.2) is 0 Å². The number of benzene rings is 1. The fourth-order valence-corrected chi connectivity index (χ4v) is 1.29. The van der Waals surface area contributed by atoms with Crippen LogP contribution >= 0.6 is 0 Å². The first-order valence-electron chi connectivity index (χ1n) is 4.96. The number of para-hydroxylation sites is 1. The van der Waals surface area contributed by atoms with Gasteiger partial charge in [-0.15, -0.1) is 0 Å². The monoisotopic (exact) mass is 209 g/mol. The minimum Gasteiger partial charge on any atom is -0.491 e. The van der Waals surface area contributed by atoms with Gasteiger partial charge >= 0.3 is 0 Å². The van der Waals surface area contributed by atoms with Crippen molar-refractivity contribution in [3.8, 4) is 5.75 Å².